The smallest absolute Gasteiger partial charge is 0.199 e. The fraction of sp³-hybridized carbons (Fsp3) is 0.500. The molecule has 1 aliphatic rings. The molecule has 0 aromatic carbocycles. The summed E-state index contributed by atoms with van der Waals surface area (Å²) in [5, 5.41) is 22.5. The Balaban J connectivity index is 2.05. The zero-order valence-electron chi connectivity index (χ0n) is 9.43. The Morgan fingerprint density at radius 3 is 2.88 bits per heavy atom. The van der Waals surface area contributed by atoms with Crippen LogP contribution in [0.1, 0.15) is 37.1 Å². The quantitative estimate of drug-likeness (QED) is 0.622. The van der Waals surface area contributed by atoms with Crippen molar-refractivity contribution < 1.29 is 9.84 Å². The van der Waals surface area contributed by atoms with Gasteiger partial charge in [0.15, 0.2) is 12.4 Å². The Hall–Kier alpha value is -1.20. The largest absolute Gasteiger partial charge is 0.619 e. The van der Waals surface area contributed by atoms with E-state index in [9.17, 15) is 10.3 Å². The lowest BCUT2D eigenvalue weighted by Crippen LogP contribution is -2.28. The summed E-state index contributed by atoms with van der Waals surface area (Å²) in [4.78, 5) is 4.47. The second-order valence-corrected chi connectivity index (χ2v) is 5.70. The van der Waals surface area contributed by atoms with Gasteiger partial charge in [-0.2, -0.15) is 4.73 Å². The van der Waals surface area contributed by atoms with Crippen molar-refractivity contribution >= 4 is 21.6 Å². The minimum Gasteiger partial charge on any atom is -0.619 e. The normalized spacial score (nSPS) is 19.6. The van der Waals surface area contributed by atoms with Crippen LogP contribution in [0.25, 0.3) is 10.2 Å². The van der Waals surface area contributed by atoms with Crippen LogP contribution < -0.4 is 4.73 Å². The summed E-state index contributed by atoms with van der Waals surface area (Å²) in [6, 6.07) is 1.70. The Labute approximate surface area is 103 Å². The van der Waals surface area contributed by atoms with Crippen LogP contribution >= 0.6 is 11.3 Å². The highest BCUT2D eigenvalue weighted by Crippen LogP contribution is 2.39. The Bertz CT molecular complexity index is 546. The molecule has 1 fully saturated rings. The summed E-state index contributed by atoms with van der Waals surface area (Å²) in [7, 11) is 0. The highest BCUT2D eigenvalue weighted by atomic mass is 32.1. The molecule has 90 valence electrons. The van der Waals surface area contributed by atoms with E-state index >= 15 is 0 Å². The number of fused-ring (bicyclic) bond motifs is 1. The molecule has 0 aliphatic heterocycles. The number of aromatic nitrogens is 2. The van der Waals surface area contributed by atoms with Crippen LogP contribution in [0.5, 0.6) is 0 Å². The predicted octanol–water partition coefficient (Wildman–Crippen LogP) is 2.08. The maximum absolute atomic E-state index is 11.2. The molecule has 1 saturated carbocycles. The van der Waals surface area contributed by atoms with E-state index in [2.05, 4.69) is 4.98 Å². The Morgan fingerprint density at radius 1 is 1.35 bits per heavy atom. The van der Waals surface area contributed by atoms with Gasteiger partial charge in [-0.15, -0.1) is 11.3 Å². The Kier molecular flexibility index (Phi) is 2.52. The van der Waals surface area contributed by atoms with Crippen molar-refractivity contribution in [2.75, 3.05) is 0 Å². The van der Waals surface area contributed by atoms with Gasteiger partial charge in [0.2, 0.25) is 0 Å². The lowest BCUT2D eigenvalue weighted by molar-refractivity contribution is -0.603. The minimum atomic E-state index is -0.768. The highest BCUT2D eigenvalue weighted by molar-refractivity contribution is 7.18. The summed E-state index contributed by atoms with van der Waals surface area (Å²) >= 11 is 1.43. The fourth-order valence-electron chi connectivity index (χ4n) is 2.41. The topological polar surface area (TPSA) is 60.1 Å². The molecule has 0 saturated heterocycles. The van der Waals surface area contributed by atoms with Crippen molar-refractivity contribution in [3.05, 3.63) is 28.7 Å². The summed E-state index contributed by atoms with van der Waals surface area (Å²) < 4.78 is 1.62. The molecule has 1 N–H and O–H groups in total. The first-order valence-electron chi connectivity index (χ1n) is 5.90. The summed E-state index contributed by atoms with van der Waals surface area (Å²) in [5.74, 6) is 0. The molecule has 3 rings (SSSR count). The van der Waals surface area contributed by atoms with Crippen LogP contribution in [0.15, 0.2) is 18.5 Å². The second-order valence-electron chi connectivity index (χ2n) is 4.67. The zero-order chi connectivity index (χ0) is 11.9. The third kappa shape index (κ3) is 1.89. The molecular formula is C12H14N2O2S. The van der Waals surface area contributed by atoms with Crippen LogP contribution in [0.3, 0.4) is 0 Å². The van der Waals surface area contributed by atoms with E-state index in [-0.39, 0.29) is 0 Å². The monoisotopic (exact) mass is 250 g/mol. The van der Waals surface area contributed by atoms with Crippen molar-refractivity contribution in [2.45, 2.75) is 37.7 Å². The molecule has 0 spiro atoms. The molecule has 2 heterocycles. The van der Waals surface area contributed by atoms with Gasteiger partial charge < -0.3 is 10.3 Å². The van der Waals surface area contributed by atoms with Crippen molar-refractivity contribution in [1.29, 1.82) is 0 Å². The predicted molar refractivity (Wildman–Crippen MR) is 65.6 cm³/mol. The lowest BCUT2D eigenvalue weighted by Gasteiger charge is -2.29. The van der Waals surface area contributed by atoms with E-state index in [1.54, 1.807) is 6.07 Å². The zero-order valence-corrected chi connectivity index (χ0v) is 10.2. The standard InChI is InChI=1S/C12H14N2O2S/c15-12(5-2-1-3-6-12)11-13-9-4-7-14(16)8-10(9)17-11/h4,7-8,15H,1-3,5-6H2. The molecule has 0 bridgehead atoms. The average Bonchev–Trinajstić information content (AvgIpc) is 2.73. The molecule has 4 nitrogen and oxygen atoms in total. The van der Waals surface area contributed by atoms with Gasteiger partial charge in [0.1, 0.15) is 15.3 Å². The molecule has 0 atom stereocenters. The van der Waals surface area contributed by atoms with E-state index < -0.39 is 5.60 Å². The van der Waals surface area contributed by atoms with E-state index in [1.807, 2.05) is 0 Å². The highest BCUT2D eigenvalue weighted by Gasteiger charge is 2.34. The average molecular weight is 250 g/mol. The molecule has 0 radical (unpaired) electrons. The van der Waals surface area contributed by atoms with Gasteiger partial charge in [0.25, 0.3) is 0 Å². The van der Waals surface area contributed by atoms with Crippen LogP contribution in [0.4, 0.5) is 0 Å². The number of hydrogen-bond acceptors (Lipinski definition) is 4. The number of thiazole rings is 1. The van der Waals surface area contributed by atoms with Gasteiger partial charge in [0.05, 0.1) is 5.52 Å². The molecule has 17 heavy (non-hydrogen) atoms. The SMILES string of the molecule is [O-][n+]1ccc2nc(C3(O)CCCCC3)sc2c1. The molecule has 2 aromatic rings. The number of rotatable bonds is 1. The van der Waals surface area contributed by atoms with Crippen molar-refractivity contribution in [1.82, 2.24) is 4.98 Å². The molecule has 1 aliphatic carbocycles. The number of nitrogens with zero attached hydrogens (tertiary/aromatic N) is 2. The molecule has 0 amide bonds. The van der Waals surface area contributed by atoms with Gasteiger partial charge in [0, 0.05) is 6.07 Å². The molecule has 0 unspecified atom stereocenters. The van der Waals surface area contributed by atoms with E-state index in [1.165, 1.54) is 30.2 Å². The first-order chi connectivity index (χ1) is 8.17. The lowest BCUT2D eigenvalue weighted by atomic mass is 9.85. The second kappa shape index (κ2) is 3.92. The number of hydrogen-bond donors (Lipinski definition) is 1. The van der Waals surface area contributed by atoms with Crippen molar-refractivity contribution in [3.63, 3.8) is 0 Å². The maximum atomic E-state index is 11.2. The molecule has 5 heteroatoms. The number of pyridine rings is 1. The fourth-order valence-corrected chi connectivity index (χ4v) is 3.53. The number of aliphatic hydroxyl groups is 1. The van der Waals surface area contributed by atoms with Crippen molar-refractivity contribution in [2.24, 2.45) is 0 Å². The van der Waals surface area contributed by atoms with Crippen LogP contribution in [0.2, 0.25) is 0 Å². The summed E-state index contributed by atoms with van der Waals surface area (Å²) in [5.41, 5.74) is 0.0337. The maximum Gasteiger partial charge on any atom is 0.199 e. The van der Waals surface area contributed by atoms with Gasteiger partial charge in [-0.25, -0.2) is 4.98 Å². The first-order valence-corrected chi connectivity index (χ1v) is 6.71. The first kappa shape index (κ1) is 10.9. The molecular weight excluding hydrogens is 236 g/mol. The van der Waals surface area contributed by atoms with Gasteiger partial charge in [-0.05, 0) is 12.8 Å². The van der Waals surface area contributed by atoms with Gasteiger partial charge in [-0.3, -0.25) is 0 Å². The third-order valence-corrected chi connectivity index (χ3v) is 4.58. The van der Waals surface area contributed by atoms with Crippen LogP contribution in [0, 0.1) is 5.21 Å². The van der Waals surface area contributed by atoms with Crippen LogP contribution in [-0.2, 0) is 5.60 Å². The minimum absolute atomic E-state index is 0.762. The van der Waals surface area contributed by atoms with E-state index in [4.69, 9.17) is 0 Å². The third-order valence-electron chi connectivity index (χ3n) is 3.38. The van der Waals surface area contributed by atoms with Crippen LogP contribution in [-0.4, -0.2) is 10.1 Å². The van der Waals surface area contributed by atoms with Crippen molar-refractivity contribution in [3.8, 4) is 0 Å². The van der Waals surface area contributed by atoms with Gasteiger partial charge >= 0.3 is 0 Å². The summed E-state index contributed by atoms with van der Waals surface area (Å²) in [6.45, 7) is 0. The van der Waals surface area contributed by atoms with E-state index in [0.29, 0.717) is 0 Å². The van der Waals surface area contributed by atoms with E-state index in [0.717, 1.165) is 45.6 Å². The Morgan fingerprint density at radius 2 is 2.12 bits per heavy atom. The summed E-state index contributed by atoms with van der Waals surface area (Å²) in [6.07, 6.45) is 7.81. The molecule has 2 aromatic heterocycles. The van der Waals surface area contributed by atoms with Gasteiger partial charge in [-0.1, -0.05) is 19.3 Å².